The average molecular weight is 439 g/mol. The second kappa shape index (κ2) is 9.23. The lowest BCUT2D eigenvalue weighted by molar-refractivity contribution is -0.125. The molecule has 0 spiro atoms. The van der Waals surface area contributed by atoms with E-state index in [1.165, 1.54) is 12.1 Å². The Bertz CT molecular complexity index is 980. The van der Waals surface area contributed by atoms with Crippen LogP contribution in [0, 0.1) is 12.7 Å². The summed E-state index contributed by atoms with van der Waals surface area (Å²) in [6.45, 7) is 3.07. The number of carbonyl (C=O) groups is 2. The molecule has 1 aromatic carbocycles. The molecule has 9 nitrogen and oxygen atoms in total. The predicted molar refractivity (Wildman–Crippen MR) is 103 cm³/mol. The van der Waals surface area contributed by atoms with Crippen molar-refractivity contribution in [3.8, 4) is 5.75 Å². The Balaban J connectivity index is 1.37. The van der Waals surface area contributed by atoms with Crippen LogP contribution >= 0.6 is 11.6 Å². The third-order valence-electron chi connectivity index (χ3n) is 4.06. The van der Waals surface area contributed by atoms with E-state index in [4.69, 9.17) is 25.6 Å². The largest absolute Gasteiger partial charge is 0.484 e. The molecule has 2 aromatic rings. The van der Waals surface area contributed by atoms with Gasteiger partial charge in [0.1, 0.15) is 24.8 Å². The van der Waals surface area contributed by atoms with Crippen molar-refractivity contribution in [3.05, 3.63) is 52.5 Å². The molecule has 0 aliphatic heterocycles. The lowest BCUT2D eigenvalue weighted by atomic mass is 9.84. The molecule has 0 saturated carbocycles. The van der Waals surface area contributed by atoms with Gasteiger partial charge in [-0.1, -0.05) is 16.8 Å². The predicted octanol–water partition coefficient (Wildman–Crippen LogP) is 2.04. The van der Waals surface area contributed by atoms with Gasteiger partial charge in [-0.25, -0.2) is 4.39 Å². The smallest absolute Gasteiger partial charge is 0.258 e. The van der Waals surface area contributed by atoms with E-state index in [9.17, 15) is 14.0 Å². The van der Waals surface area contributed by atoms with Gasteiger partial charge >= 0.3 is 0 Å². The Morgan fingerprint density at radius 3 is 2.77 bits per heavy atom. The SMILES string of the molecule is Cc1noc(COCC(=O)NC2=CC(C)(NC(=O)COc3ccc(Cl)c(F)c3)C2)n1. The van der Waals surface area contributed by atoms with Crippen molar-refractivity contribution in [2.24, 2.45) is 0 Å². The number of hydrogen-bond acceptors (Lipinski definition) is 7. The number of nitrogens with one attached hydrogen (secondary N) is 2. The number of benzene rings is 1. The first-order valence-corrected chi connectivity index (χ1v) is 9.37. The maximum Gasteiger partial charge on any atom is 0.258 e. The summed E-state index contributed by atoms with van der Waals surface area (Å²) < 4.78 is 28.7. The van der Waals surface area contributed by atoms with Gasteiger partial charge in [-0.2, -0.15) is 4.98 Å². The van der Waals surface area contributed by atoms with Crippen LogP contribution in [0.4, 0.5) is 4.39 Å². The molecular formula is C19H20ClFN4O5. The van der Waals surface area contributed by atoms with Crippen molar-refractivity contribution < 1.29 is 28.0 Å². The molecule has 0 bridgehead atoms. The quantitative estimate of drug-likeness (QED) is 0.615. The van der Waals surface area contributed by atoms with Crippen LogP contribution < -0.4 is 15.4 Å². The van der Waals surface area contributed by atoms with Crippen LogP contribution in [0.15, 0.2) is 34.5 Å². The zero-order valence-electron chi connectivity index (χ0n) is 16.3. The zero-order valence-corrected chi connectivity index (χ0v) is 17.1. The molecule has 3 rings (SSSR count). The van der Waals surface area contributed by atoms with E-state index in [1.807, 2.05) is 0 Å². The Labute approximate surface area is 176 Å². The highest BCUT2D eigenvalue weighted by Gasteiger charge is 2.34. The highest BCUT2D eigenvalue weighted by molar-refractivity contribution is 6.30. The summed E-state index contributed by atoms with van der Waals surface area (Å²) >= 11 is 5.60. The minimum Gasteiger partial charge on any atom is -0.484 e. The van der Waals surface area contributed by atoms with Gasteiger partial charge in [-0.3, -0.25) is 9.59 Å². The van der Waals surface area contributed by atoms with Gasteiger partial charge in [0.15, 0.2) is 12.4 Å². The standard InChI is InChI=1S/C19H20ClFN4O5/c1-11-22-18(30-25-11)10-28-8-16(26)23-12-6-19(2,7-12)24-17(27)9-29-13-3-4-14(20)15(21)5-13/h3-6H,7-10H2,1-2H3,(H,23,26)(H,24,27). The van der Waals surface area contributed by atoms with Crippen LogP contribution in [0.1, 0.15) is 25.1 Å². The van der Waals surface area contributed by atoms with E-state index in [2.05, 4.69) is 20.8 Å². The summed E-state index contributed by atoms with van der Waals surface area (Å²) in [5.41, 5.74) is 0.0527. The molecule has 1 heterocycles. The molecule has 11 heteroatoms. The molecular weight excluding hydrogens is 419 g/mol. The van der Waals surface area contributed by atoms with Gasteiger partial charge in [0.25, 0.3) is 11.8 Å². The number of hydrogen-bond donors (Lipinski definition) is 2. The molecule has 160 valence electrons. The van der Waals surface area contributed by atoms with E-state index in [0.717, 1.165) is 6.07 Å². The van der Waals surface area contributed by atoms with Crippen LogP contribution in [0.2, 0.25) is 5.02 Å². The number of halogens is 2. The molecule has 30 heavy (non-hydrogen) atoms. The summed E-state index contributed by atoms with van der Waals surface area (Å²) in [5.74, 6) is -0.358. The van der Waals surface area contributed by atoms with Crippen molar-refractivity contribution in [1.82, 2.24) is 20.8 Å². The summed E-state index contributed by atoms with van der Waals surface area (Å²) in [5, 5.41) is 9.09. The Hall–Kier alpha value is -2.98. The Morgan fingerprint density at radius 2 is 2.10 bits per heavy atom. The van der Waals surface area contributed by atoms with Crippen LogP contribution in [0.25, 0.3) is 0 Å². The number of aromatic nitrogens is 2. The lowest BCUT2D eigenvalue weighted by Crippen LogP contribution is -2.53. The minimum atomic E-state index is -0.625. The van der Waals surface area contributed by atoms with E-state index in [0.29, 0.717) is 23.8 Å². The van der Waals surface area contributed by atoms with Gasteiger partial charge in [0.2, 0.25) is 5.91 Å². The summed E-state index contributed by atoms with van der Waals surface area (Å²) in [6, 6.07) is 3.93. The van der Waals surface area contributed by atoms with E-state index in [1.54, 1.807) is 19.9 Å². The van der Waals surface area contributed by atoms with Crippen molar-refractivity contribution >= 4 is 23.4 Å². The number of ether oxygens (including phenoxy) is 2. The van der Waals surface area contributed by atoms with E-state index >= 15 is 0 Å². The normalized spacial score (nSPS) is 17.7. The average Bonchev–Trinajstić information content (AvgIpc) is 3.06. The van der Waals surface area contributed by atoms with Crippen molar-refractivity contribution in [1.29, 1.82) is 0 Å². The highest BCUT2D eigenvalue weighted by Crippen LogP contribution is 2.28. The fourth-order valence-electron chi connectivity index (χ4n) is 2.83. The van der Waals surface area contributed by atoms with Crippen LogP contribution in [0.3, 0.4) is 0 Å². The molecule has 0 radical (unpaired) electrons. The van der Waals surface area contributed by atoms with Crippen molar-refractivity contribution in [2.45, 2.75) is 32.4 Å². The number of amides is 2. The third kappa shape index (κ3) is 6.01. The Kier molecular flexibility index (Phi) is 6.68. The van der Waals surface area contributed by atoms with Gasteiger partial charge in [0.05, 0.1) is 10.6 Å². The first-order chi connectivity index (χ1) is 14.2. The first-order valence-electron chi connectivity index (χ1n) is 9.00. The maximum atomic E-state index is 13.4. The topological polar surface area (TPSA) is 116 Å². The molecule has 1 aliphatic rings. The first kappa shape index (κ1) is 21.7. The van der Waals surface area contributed by atoms with Gasteiger partial charge in [-0.15, -0.1) is 0 Å². The summed E-state index contributed by atoms with van der Waals surface area (Å²) in [4.78, 5) is 27.9. The van der Waals surface area contributed by atoms with Gasteiger partial charge in [-0.05, 0) is 32.1 Å². The maximum absolute atomic E-state index is 13.4. The van der Waals surface area contributed by atoms with Crippen LogP contribution in [-0.2, 0) is 20.9 Å². The van der Waals surface area contributed by atoms with Crippen LogP contribution in [-0.4, -0.2) is 40.7 Å². The lowest BCUT2D eigenvalue weighted by Gasteiger charge is -2.37. The van der Waals surface area contributed by atoms with Crippen molar-refractivity contribution in [2.75, 3.05) is 13.2 Å². The second-order valence-electron chi connectivity index (χ2n) is 6.95. The monoisotopic (exact) mass is 438 g/mol. The minimum absolute atomic E-state index is 0.0244. The van der Waals surface area contributed by atoms with E-state index in [-0.39, 0.29) is 42.4 Å². The second-order valence-corrected chi connectivity index (χ2v) is 7.36. The molecule has 1 aliphatic carbocycles. The molecule has 0 saturated heterocycles. The fourth-order valence-corrected chi connectivity index (χ4v) is 2.94. The molecule has 2 N–H and O–H groups in total. The van der Waals surface area contributed by atoms with Crippen LogP contribution in [0.5, 0.6) is 5.75 Å². The zero-order chi connectivity index (χ0) is 21.7. The number of aryl methyl sites for hydroxylation is 1. The summed E-state index contributed by atoms with van der Waals surface area (Å²) in [7, 11) is 0. The molecule has 1 unspecified atom stereocenters. The Morgan fingerprint density at radius 1 is 1.33 bits per heavy atom. The fraction of sp³-hybridized carbons (Fsp3) is 0.368. The van der Waals surface area contributed by atoms with Crippen molar-refractivity contribution in [3.63, 3.8) is 0 Å². The molecule has 1 aromatic heterocycles. The number of nitrogens with zero attached hydrogens (tertiary/aromatic N) is 2. The highest BCUT2D eigenvalue weighted by atomic mass is 35.5. The third-order valence-corrected chi connectivity index (χ3v) is 4.37. The summed E-state index contributed by atoms with van der Waals surface area (Å²) in [6.07, 6.45) is 2.16. The molecule has 2 amide bonds. The van der Waals surface area contributed by atoms with E-state index < -0.39 is 11.4 Å². The molecule has 0 fully saturated rings. The molecule has 1 atom stereocenters. The van der Waals surface area contributed by atoms with Gasteiger partial charge in [0, 0.05) is 18.2 Å². The number of carbonyl (C=O) groups excluding carboxylic acids is 2. The van der Waals surface area contributed by atoms with Gasteiger partial charge < -0.3 is 24.6 Å². The number of rotatable bonds is 9.